The maximum Gasteiger partial charge on any atom is 0.129 e. The topological polar surface area (TPSA) is 53.1 Å². The second kappa shape index (κ2) is 5.18. The smallest absolute Gasteiger partial charge is 0.129 e. The van der Waals surface area contributed by atoms with Crippen LogP contribution in [-0.4, -0.2) is 23.5 Å². The Bertz CT molecular complexity index is 551. The minimum Gasteiger partial charge on any atom is -0.384 e. The molecule has 0 spiro atoms. The number of aryl methyl sites for hydroxylation is 1. The van der Waals surface area contributed by atoms with E-state index in [1.165, 1.54) is 12.1 Å². The van der Waals surface area contributed by atoms with Crippen LogP contribution in [0.1, 0.15) is 5.69 Å². The summed E-state index contributed by atoms with van der Waals surface area (Å²) in [6, 6.07) is 6.36. The molecule has 2 rings (SSSR count). The zero-order valence-electron chi connectivity index (χ0n) is 10.5. The van der Waals surface area contributed by atoms with Crippen molar-refractivity contribution in [1.82, 2.24) is 9.78 Å². The highest BCUT2D eigenvalue weighted by molar-refractivity contribution is 5.76. The fourth-order valence-corrected chi connectivity index (χ4v) is 1.93. The maximum absolute atomic E-state index is 13.3. The van der Waals surface area contributed by atoms with Gasteiger partial charge in [0.05, 0.1) is 12.3 Å². The molecule has 1 aromatic heterocycles. The van der Waals surface area contributed by atoms with E-state index in [2.05, 4.69) is 5.10 Å². The van der Waals surface area contributed by atoms with E-state index in [1.807, 2.05) is 6.07 Å². The van der Waals surface area contributed by atoms with E-state index < -0.39 is 0 Å². The molecule has 1 heterocycles. The average molecular weight is 249 g/mol. The molecular formula is C13H16FN3O. The van der Waals surface area contributed by atoms with Gasteiger partial charge in [-0.2, -0.15) is 5.10 Å². The zero-order chi connectivity index (χ0) is 13.1. The molecule has 0 aliphatic carbocycles. The van der Waals surface area contributed by atoms with Crippen molar-refractivity contribution in [2.75, 3.05) is 19.5 Å². The van der Waals surface area contributed by atoms with Gasteiger partial charge in [0.15, 0.2) is 0 Å². The van der Waals surface area contributed by atoms with E-state index in [1.54, 1.807) is 24.9 Å². The van der Waals surface area contributed by atoms with Gasteiger partial charge >= 0.3 is 0 Å². The van der Waals surface area contributed by atoms with Crippen LogP contribution in [0.5, 0.6) is 0 Å². The Morgan fingerprint density at radius 3 is 2.89 bits per heavy atom. The van der Waals surface area contributed by atoms with E-state index >= 15 is 0 Å². The number of rotatable bonds is 4. The highest BCUT2D eigenvalue weighted by Crippen LogP contribution is 2.30. The van der Waals surface area contributed by atoms with Crippen LogP contribution >= 0.6 is 0 Å². The molecule has 0 saturated carbocycles. The summed E-state index contributed by atoms with van der Waals surface area (Å²) in [5, 5.41) is 4.34. The highest BCUT2D eigenvalue weighted by atomic mass is 19.1. The van der Waals surface area contributed by atoms with Crippen LogP contribution in [0, 0.1) is 5.82 Å². The summed E-state index contributed by atoms with van der Waals surface area (Å²) in [5.41, 5.74) is 8.34. The SMILES string of the molecule is COCCc1nn(C)c(N)c1-c1cccc(F)c1. The van der Waals surface area contributed by atoms with Crippen LogP contribution in [-0.2, 0) is 18.2 Å². The number of nitrogens with two attached hydrogens (primary N) is 1. The molecule has 4 nitrogen and oxygen atoms in total. The van der Waals surface area contributed by atoms with Crippen molar-refractivity contribution < 1.29 is 9.13 Å². The molecule has 0 radical (unpaired) electrons. The monoisotopic (exact) mass is 249 g/mol. The van der Waals surface area contributed by atoms with Crippen LogP contribution in [0.15, 0.2) is 24.3 Å². The molecule has 0 saturated heterocycles. The number of nitrogens with zero attached hydrogens (tertiary/aromatic N) is 2. The third-order valence-electron chi connectivity index (χ3n) is 2.82. The molecule has 2 N–H and O–H groups in total. The predicted octanol–water partition coefficient (Wildman–Crippen LogP) is 2.00. The van der Waals surface area contributed by atoms with Gasteiger partial charge in [0.2, 0.25) is 0 Å². The lowest BCUT2D eigenvalue weighted by atomic mass is 10.0. The van der Waals surface area contributed by atoms with Gasteiger partial charge in [0, 0.05) is 26.1 Å². The summed E-state index contributed by atoms with van der Waals surface area (Å²) in [6.45, 7) is 0.554. The molecule has 0 bridgehead atoms. The van der Waals surface area contributed by atoms with Crippen molar-refractivity contribution >= 4 is 5.82 Å². The van der Waals surface area contributed by atoms with Crippen LogP contribution in [0.3, 0.4) is 0 Å². The first-order valence-corrected chi connectivity index (χ1v) is 5.69. The molecule has 18 heavy (non-hydrogen) atoms. The number of anilines is 1. The van der Waals surface area contributed by atoms with Gasteiger partial charge in [-0.25, -0.2) is 4.39 Å². The number of ether oxygens (including phenoxy) is 1. The Morgan fingerprint density at radius 2 is 2.22 bits per heavy atom. The van der Waals surface area contributed by atoms with Crippen molar-refractivity contribution in [3.63, 3.8) is 0 Å². The molecule has 96 valence electrons. The Labute approximate surface area is 105 Å². The molecule has 0 aliphatic rings. The minimum absolute atomic E-state index is 0.284. The summed E-state index contributed by atoms with van der Waals surface area (Å²) < 4.78 is 19.9. The molecule has 0 amide bonds. The van der Waals surface area contributed by atoms with Crippen molar-refractivity contribution in [1.29, 1.82) is 0 Å². The Balaban J connectivity index is 2.48. The number of nitrogen functional groups attached to an aromatic ring is 1. The van der Waals surface area contributed by atoms with Gasteiger partial charge in [-0.3, -0.25) is 4.68 Å². The normalized spacial score (nSPS) is 10.8. The third-order valence-corrected chi connectivity index (χ3v) is 2.82. The Hall–Kier alpha value is -1.88. The predicted molar refractivity (Wildman–Crippen MR) is 68.6 cm³/mol. The van der Waals surface area contributed by atoms with E-state index in [0.717, 1.165) is 16.8 Å². The number of hydrogen-bond acceptors (Lipinski definition) is 3. The Kier molecular flexibility index (Phi) is 3.62. The Morgan fingerprint density at radius 1 is 1.44 bits per heavy atom. The van der Waals surface area contributed by atoms with Crippen LogP contribution in [0.25, 0.3) is 11.1 Å². The molecule has 5 heteroatoms. The second-order valence-corrected chi connectivity index (χ2v) is 4.08. The lowest BCUT2D eigenvalue weighted by molar-refractivity contribution is 0.201. The molecule has 2 aromatic rings. The number of hydrogen-bond donors (Lipinski definition) is 1. The van der Waals surface area contributed by atoms with E-state index in [9.17, 15) is 4.39 Å². The molecular weight excluding hydrogens is 233 g/mol. The van der Waals surface area contributed by atoms with E-state index in [0.29, 0.717) is 18.8 Å². The standard InChI is InChI=1S/C13H16FN3O/c1-17-13(15)12(11(16-17)6-7-18-2)9-4-3-5-10(14)8-9/h3-5,8H,6-7,15H2,1-2H3. The molecule has 1 aromatic carbocycles. The minimum atomic E-state index is -0.284. The van der Waals surface area contributed by atoms with Gasteiger partial charge in [0.1, 0.15) is 11.6 Å². The number of aromatic nitrogens is 2. The van der Waals surface area contributed by atoms with Crippen LogP contribution in [0.2, 0.25) is 0 Å². The fraction of sp³-hybridized carbons (Fsp3) is 0.308. The summed E-state index contributed by atoms with van der Waals surface area (Å²) in [4.78, 5) is 0. The van der Waals surface area contributed by atoms with Gasteiger partial charge in [0.25, 0.3) is 0 Å². The zero-order valence-corrected chi connectivity index (χ0v) is 10.5. The second-order valence-electron chi connectivity index (χ2n) is 4.08. The van der Waals surface area contributed by atoms with Gasteiger partial charge in [-0.05, 0) is 17.7 Å². The molecule has 0 aliphatic heterocycles. The first-order valence-electron chi connectivity index (χ1n) is 5.69. The van der Waals surface area contributed by atoms with Crippen molar-refractivity contribution in [3.05, 3.63) is 35.8 Å². The average Bonchev–Trinajstić information content (AvgIpc) is 2.62. The van der Waals surface area contributed by atoms with Crippen molar-refractivity contribution in [3.8, 4) is 11.1 Å². The summed E-state index contributed by atoms with van der Waals surface area (Å²) in [7, 11) is 3.41. The van der Waals surface area contributed by atoms with Crippen molar-refractivity contribution in [2.45, 2.75) is 6.42 Å². The summed E-state index contributed by atoms with van der Waals surface area (Å²) in [6.07, 6.45) is 0.646. The first kappa shape index (κ1) is 12.6. The number of benzene rings is 1. The van der Waals surface area contributed by atoms with E-state index in [-0.39, 0.29) is 5.82 Å². The van der Waals surface area contributed by atoms with Gasteiger partial charge in [-0.1, -0.05) is 12.1 Å². The summed E-state index contributed by atoms with van der Waals surface area (Å²) in [5.74, 6) is 0.250. The summed E-state index contributed by atoms with van der Waals surface area (Å²) >= 11 is 0. The fourth-order valence-electron chi connectivity index (χ4n) is 1.93. The lowest BCUT2D eigenvalue weighted by Gasteiger charge is -2.04. The number of halogens is 1. The van der Waals surface area contributed by atoms with Crippen LogP contribution in [0.4, 0.5) is 10.2 Å². The van der Waals surface area contributed by atoms with E-state index in [4.69, 9.17) is 10.5 Å². The third kappa shape index (κ3) is 2.36. The maximum atomic E-state index is 13.3. The largest absolute Gasteiger partial charge is 0.384 e. The van der Waals surface area contributed by atoms with Crippen LogP contribution < -0.4 is 5.73 Å². The van der Waals surface area contributed by atoms with Gasteiger partial charge in [-0.15, -0.1) is 0 Å². The quantitative estimate of drug-likeness (QED) is 0.901. The molecule has 0 fully saturated rings. The lowest BCUT2D eigenvalue weighted by Crippen LogP contribution is -1.98. The highest BCUT2D eigenvalue weighted by Gasteiger charge is 2.15. The first-order chi connectivity index (χ1) is 8.63. The number of methoxy groups -OCH3 is 1. The molecule has 0 unspecified atom stereocenters. The van der Waals surface area contributed by atoms with Gasteiger partial charge < -0.3 is 10.5 Å². The molecule has 0 atom stereocenters. The van der Waals surface area contributed by atoms with Crippen molar-refractivity contribution in [2.24, 2.45) is 7.05 Å².